The molecule has 1 aromatic heterocycles. The van der Waals surface area contributed by atoms with Crippen LogP contribution in [-0.2, 0) is 9.53 Å². The molecule has 0 unspecified atom stereocenters. The van der Waals surface area contributed by atoms with Crippen molar-refractivity contribution in [3.8, 4) is 0 Å². The lowest BCUT2D eigenvalue weighted by Crippen LogP contribution is -2.39. The van der Waals surface area contributed by atoms with Crippen molar-refractivity contribution < 1.29 is 9.53 Å². The van der Waals surface area contributed by atoms with E-state index in [1.807, 2.05) is 6.92 Å². The third-order valence-electron chi connectivity index (χ3n) is 2.45. The Kier molecular flexibility index (Phi) is 3.49. The summed E-state index contributed by atoms with van der Waals surface area (Å²) in [5.74, 6) is 0.230. The molecule has 1 amide bonds. The van der Waals surface area contributed by atoms with Crippen LogP contribution in [0.25, 0.3) is 0 Å². The second-order valence-electron chi connectivity index (χ2n) is 4.09. The molecule has 5 heteroatoms. The minimum Gasteiger partial charge on any atom is -0.397 e. The van der Waals surface area contributed by atoms with Crippen LogP contribution in [-0.4, -0.2) is 23.6 Å². The van der Waals surface area contributed by atoms with Crippen LogP contribution >= 0.6 is 0 Å². The number of pyridine rings is 1. The molecule has 3 N–H and O–H groups in total. The molecular formula is C11H17N3O2. The molecule has 1 heterocycles. The van der Waals surface area contributed by atoms with Crippen molar-refractivity contribution in [1.29, 1.82) is 0 Å². The zero-order valence-electron chi connectivity index (χ0n) is 10.00. The quantitative estimate of drug-likeness (QED) is 0.810. The number of nitrogens with one attached hydrogen (secondary N) is 1. The molecular weight excluding hydrogens is 206 g/mol. The minimum atomic E-state index is -0.878. The number of nitrogens with two attached hydrogens (primary N) is 1. The molecule has 0 bridgehead atoms. The van der Waals surface area contributed by atoms with Crippen LogP contribution in [0.3, 0.4) is 0 Å². The molecule has 1 rings (SSSR count). The number of amides is 1. The van der Waals surface area contributed by atoms with E-state index in [0.29, 0.717) is 11.5 Å². The fourth-order valence-corrected chi connectivity index (χ4v) is 0.994. The lowest BCUT2D eigenvalue weighted by molar-refractivity contribution is -0.133. The van der Waals surface area contributed by atoms with E-state index in [0.717, 1.165) is 5.56 Å². The normalized spacial score (nSPS) is 11.2. The first-order chi connectivity index (χ1) is 7.36. The standard InChI is InChI=1S/C11H17N3O2/c1-7-5-9(13-6-8(7)12)14-10(15)11(2,3)16-4/h5-6H,12H2,1-4H3,(H,13,14,15). The highest BCUT2D eigenvalue weighted by Gasteiger charge is 2.27. The van der Waals surface area contributed by atoms with E-state index in [1.54, 1.807) is 19.9 Å². The summed E-state index contributed by atoms with van der Waals surface area (Å²) < 4.78 is 5.06. The molecule has 0 atom stereocenters. The van der Waals surface area contributed by atoms with Crippen LogP contribution in [0.5, 0.6) is 0 Å². The van der Waals surface area contributed by atoms with Gasteiger partial charge in [0, 0.05) is 7.11 Å². The maximum Gasteiger partial charge on any atom is 0.257 e. The number of nitrogens with zero attached hydrogens (tertiary/aromatic N) is 1. The fourth-order valence-electron chi connectivity index (χ4n) is 0.994. The number of hydrogen-bond acceptors (Lipinski definition) is 4. The number of aromatic nitrogens is 1. The van der Waals surface area contributed by atoms with Crippen LogP contribution < -0.4 is 11.1 Å². The van der Waals surface area contributed by atoms with Gasteiger partial charge in [-0.05, 0) is 32.4 Å². The molecule has 1 aromatic rings. The molecule has 0 radical (unpaired) electrons. The number of rotatable bonds is 3. The number of methoxy groups -OCH3 is 1. The summed E-state index contributed by atoms with van der Waals surface area (Å²) in [5.41, 5.74) is 6.23. The van der Waals surface area contributed by atoms with Crippen molar-refractivity contribution >= 4 is 17.4 Å². The third-order valence-corrected chi connectivity index (χ3v) is 2.45. The summed E-state index contributed by atoms with van der Waals surface area (Å²) in [6.45, 7) is 5.23. The molecule has 16 heavy (non-hydrogen) atoms. The Balaban J connectivity index is 2.82. The van der Waals surface area contributed by atoms with Crippen molar-refractivity contribution in [3.05, 3.63) is 17.8 Å². The molecule has 0 aliphatic carbocycles. The van der Waals surface area contributed by atoms with Gasteiger partial charge >= 0.3 is 0 Å². The minimum absolute atomic E-state index is 0.244. The topological polar surface area (TPSA) is 77.2 Å². The van der Waals surface area contributed by atoms with E-state index in [1.165, 1.54) is 13.3 Å². The first kappa shape index (κ1) is 12.4. The van der Waals surface area contributed by atoms with Gasteiger partial charge in [0.2, 0.25) is 0 Å². The first-order valence-electron chi connectivity index (χ1n) is 4.95. The van der Waals surface area contributed by atoms with Crippen LogP contribution in [0.2, 0.25) is 0 Å². The summed E-state index contributed by atoms with van der Waals surface area (Å²) >= 11 is 0. The van der Waals surface area contributed by atoms with Gasteiger partial charge in [-0.1, -0.05) is 0 Å². The van der Waals surface area contributed by atoms with E-state index < -0.39 is 5.60 Å². The van der Waals surface area contributed by atoms with Gasteiger partial charge < -0.3 is 15.8 Å². The van der Waals surface area contributed by atoms with E-state index in [4.69, 9.17) is 10.5 Å². The SMILES string of the molecule is COC(C)(C)C(=O)Nc1cc(C)c(N)cn1. The Morgan fingerprint density at radius 1 is 1.56 bits per heavy atom. The number of aryl methyl sites for hydroxylation is 1. The summed E-state index contributed by atoms with van der Waals surface area (Å²) in [7, 11) is 1.49. The zero-order chi connectivity index (χ0) is 12.3. The van der Waals surface area contributed by atoms with Gasteiger partial charge in [0.1, 0.15) is 11.4 Å². The Labute approximate surface area is 95.0 Å². The molecule has 0 saturated heterocycles. The highest BCUT2D eigenvalue weighted by Crippen LogP contribution is 2.15. The molecule has 0 fully saturated rings. The van der Waals surface area contributed by atoms with E-state index in [9.17, 15) is 4.79 Å². The Morgan fingerprint density at radius 3 is 2.69 bits per heavy atom. The van der Waals surface area contributed by atoms with E-state index >= 15 is 0 Å². The highest BCUT2D eigenvalue weighted by atomic mass is 16.5. The van der Waals surface area contributed by atoms with Gasteiger partial charge in [-0.15, -0.1) is 0 Å². The molecule has 0 aromatic carbocycles. The average molecular weight is 223 g/mol. The largest absolute Gasteiger partial charge is 0.397 e. The second kappa shape index (κ2) is 4.49. The van der Waals surface area contributed by atoms with Gasteiger partial charge in [0.15, 0.2) is 0 Å². The molecule has 5 nitrogen and oxygen atoms in total. The maximum atomic E-state index is 11.8. The average Bonchev–Trinajstić information content (AvgIpc) is 2.23. The van der Waals surface area contributed by atoms with Gasteiger partial charge in [-0.25, -0.2) is 4.98 Å². The second-order valence-corrected chi connectivity index (χ2v) is 4.09. The highest BCUT2D eigenvalue weighted by molar-refractivity contribution is 5.96. The predicted molar refractivity (Wildman–Crippen MR) is 63.1 cm³/mol. The van der Waals surface area contributed by atoms with Crippen molar-refractivity contribution in [2.75, 3.05) is 18.2 Å². The van der Waals surface area contributed by atoms with Crippen molar-refractivity contribution in [2.24, 2.45) is 0 Å². The number of anilines is 2. The van der Waals surface area contributed by atoms with E-state index in [2.05, 4.69) is 10.3 Å². The van der Waals surface area contributed by atoms with Gasteiger partial charge in [-0.2, -0.15) is 0 Å². The lowest BCUT2D eigenvalue weighted by Gasteiger charge is -2.21. The number of hydrogen-bond donors (Lipinski definition) is 2. The summed E-state index contributed by atoms with van der Waals surface area (Å²) in [5, 5.41) is 2.67. The lowest BCUT2D eigenvalue weighted by atomic mass is 10.1. The van der Waals surface area contributed by atoms with Crippen LogP contribution in [0, 0.1) is 6.92 Å². The monoisotopic (exact) mass is 223 g/mol. The zero-order valence-corrected chi connectivity index (χ0v) is 10.00. The van der Waals surface area contributed by atoms with Crippen molar-refractivity contribution in [3.63, 3.8) is 0 Å². The Bertz CT molecular complexity index is 402. The number of nitrogen functional groups attached to an aromatic ring is 1. The van der Waals surface area contributed by atoms with Crippen LogP contribution in [0.4, 0.5) is 11.5 Å². The van der Waals surface area contributed by atoms with Gasteiger partial charge in [-0.3, -0.25) is 4.79 Å². The number of carbonyl (C=O) groups excluding carboxylic acids is 1. The molecule has 0 spiro atoms. The maximum absolute atomic E-state index is 11.8. The Morgan fingerprint density at radius 2 is 2.19 bits per heavy atom. The smallest absolute Gasteiger partial charge is 0.257 e. The fraction of sp³-hybridized carbons (Fsp3) is 0.455. The summed E-state index contributed by atoms with van der Waals surface area (Å²) in [4.78, 5) is 15.8. The van der Waals surface area contributed by atoms with Gasteiger partial charge in [0.05, 0.1) is 11.9 Å². The summed E-state index contributed by atoms with van der Waals surface area (Å²) in [6, 6.07) is 1.72. The predicted octanol–water partition coefficient (Wildman–Crippen LogP) is 1.34. The molecule has 0 aliphatic rings. The molecule has 0 aliphatic heterocycles. The number of ether oxygens (including phenoxy) is 1. The summed E-state index contributed by atoms with van der Waals surface area (Å²) in [6.07, 6.45) is 1.52. The molecule has 88 valence electrons. The van der Waals surface area contributed by atoms with E-state index in [-0.39, 0.29) is 5.91 Å². The van der Waals surface area contributed by atoms with Crippen LogP contribution in [0.1, 0.15) is 19.4 Å². The molecule has 0 saturated carbocycles. The van der Waals surface area contributed by atoms with Crippen molar-refractivity contribution in [1.82, 2.24) is 4.98 Å². The third kappa shape index (κ3) is 2.70. The van der Waals surface area contributed by atoms with Crippen molar-refractivity contribution in [2.45, 2.75) is 26.4 Å². The van der Waals surface area contributed by atoms with Gasteiger partial charge in [0.25, 0.3) is 5.91 Å². The number of carbonyl (C=O) groups is 1. The van der Waals surface area contributed by atoms with Crippen LogP contribution in [0.15, 0.2) is 12.3 Å². The Hall–Kier alpha value is -1.62. The first-order valence-corrected chi connectivity index (χ1v) is 4.95.